The summed E-state index contributed by atoms with van der Waals surface area (Å²) in [4.78, 5) is 25.7. The number of H-pyrrole nitrogens is 1. The van der Waals surface area contributed by atoms with Crippen molar-refractivity contribution in [3.63, 3.8) is 0 Å². The van der Waals surface area contributed by atoms with Gasteiger partial charge in [-0.05, 0) is 38.8 Å². The molecule has 0 unspecified atom stereocenters. The molecule has 3 rings (SSSR count). The van der Waals surface area contributed by atoms with Gasteiger partial charge in [-0.25, -0.2) is 4.98 Å². The van der Waals surface area contributed by atoms with Gasteiger partial charge in [-0.3, -0.25) is 14.8 Å². The van der Waals surface area contributed by atoms with Crippen LogP contribution in [0.4, 0.5) is 5.95 Å². The maximum absolute atomic E-state index is 12.0. The Balaban J connectivity index is 1.67. The van der Waals surface area contributed by atoms with Crippen LogP contribution < -0.4 is 10.5 Å². The second-order valence-corrected chi connectivity index (χ2v) is 6.36. The number of hydrogen-bond donors (Lipinski definition) is 1. The molecular weight excluding hydrogens is 330 g/mol. The first-order valence-corrected chi connectivity index (χ1v) is 8.66. The quantitative estimate of drug-likeness (QED) is 0.701. The van der Waals surface area contributed by atoms with Crippen LogP contribution in [0.1, 0.15) is 28.4 Å². The fourth-order valence-corrected chi connectivity index (χ4v) is 2.85. The van der Waals surface area contributed by atoms with E-state index in [9.17, 15) is 4.79 Å². The third-order valence-corrected chi connectivity index (χ3v) is 4.39. The van der Waals surface area contributed by atoms with Gasteiger partial charge in [-0.15, -0.1) is 0 Å². The van der Waals surface area contributed by atoms with Gasteiger partial charge in [-0.2, -0.15) is 0 Å². The van der Waals surface area contributed by atoms with Crippen LogP contribution in [-0.2, 0) is 19.3 Å². The Morgan fingerprint density at radius 1 is 1.15 bits per heavy atom. The number of aromatic nitrogens is 4. The van der Waals surface area contributed by atoms with Crippen molar-refractivity contribution in [2.24, 2.45) is 0 Å². The molecule has 7 heteroatoms. The Bertz CT molecular complexity index is 898. The van der Waals surface area contributed by atoms with E-state index in [-0.39, 0.29) is 5.56 Å². The van der Waals surface area contributed by atoms with Crippen molar-refractivity contribution in [1.82, 2.24) is 20.1 Å². The van der Waals surface area contributed by atoms with Crippen LogP contribution in [-0.4, -0.2) is 33.7 Å². The van der Waals surface area contributed by atoms with Crippen LogP contribution in [0.3, 0.4) is 0 Å². The molecule has 26 heavy (non-hydrogen) atoms. The highest BCUT2D eigenvalue weighted by molar-refractivity contribution is 5.30. The molecule has 0 radical (unpaired) electrons. The summed E-state index contributed by atoms with van der Waals surface area (Å²) in [5.41, 5.74) is 3.59. The Hall–Kier alpha value is -2.96. The first kappa shape index (κ1) is 17.8. The van der Waals surface area contributed by atoms with E-state index in [2.05, 4.69) is 20.1 Å². The molecule has 0 saturated heterocycles. The summed E-state index contributed by atoms with van der Waals surface area (Å²) in [6.45, 7) is 4.54. The fraction of sp³-hybridized carbons (Fsp3) is 0.368. The van der Waals surface area contributed by atoms with Crippen LogP contribution in [0.25, 0.3) is 0 Å². The predicted molar refractivity (Wildman–Crippen MR) is 99.5 cm³/mol. The van der Waals surface area contributed by atoms with Crippen molar-refractivity contribution in [3.8, 4) is 0 Å². The van der Waals surface area contributed by atoms with Gasteiger partial charge in [0.15, 0.2) is 0 Å². The molecule has 136 valence electrons. The minimum atomic E-state index is -0.145. The number of rotatable bonds is 7. The minimum Gasteiger partial charge on any atom is -0.361 e. The first-order chi connectivity index (χ1) is 12.5. The van der Waals surface area contributed by atoms with Crippen LogP contribution >= 0.6 is 0 Å². The van der Waals surface area contributed by atoms with Crippen LogP contribution in [0.2, 0.25) is 0 Å². The summed E-state index contributed by atoms with van der Waals surface area (Å²) >= 11 is 0. The smallest absolute Gasteiger partial charge is 0.252 e. The summed E-state index contributed by atoms with van der Waals surface area (Å²) in [5, 5.41) is 3.97. The van der Waals surface area contributed by atoms with Crippen molar-refractivity contribution < 1.29 is 4.52 Å². The molecule has 3 heterocycles. The van der Waals surface area contributed by atoms with E-state index in [0.29, 0.717) is 18.9 Å². The lowest BCUT2D eigenvalue weighted by Gasteiger charge is -2.17. The van der Waals surface area contributed by atoms with Gasteiger partial charge in [0.25, 0.3) is 5.56 Å². The van der Waals surface area contributed by atoms with E-state index < -0.39 is 0 Å². The minimum absolute atomic E-state index is 0.145. The summed E-state index contributed by atoms with van der Waals surface area (Å²) in [7, 11) is 1.92. The van der Waals surface area contributed by atoms with Crippen molar-refractivity contribution >= 4 is 5.95 Å². The zero-order valence-electron chi connectivity index (χ0n) is 15.3. The topological polar surface area (TPSA) is 87.9 Å². The average Bonchev–Trinajstić information content (AvgIpc) is 2.96. The molecule has 3 aromatic rings. The second-order valence-electron chi connectivity index (χ2n) is 6.36. The molecule has 1 N–H and O–H groups in total. The number of aromatic amines is 1. The zero-order valence-corrected chi connectivity index (χ0v) is 15.3. The number of nitrogens with zero attached hydrogens (tertiary/aromatic N) is 4. The maximum atomic E-state index is 12.0. The summed E-state index contributed by atoms with van der Waals surface area (Å²) < 4.78 is 5.19. The van der Waals surface area contributed by atoms with Crippen LogP contribution in [0.5, 0.6) is 0 Å². The van der Waals surface area contributed by atoms with Crippen molar-refractivity contribution in [3.05, 3.63) is 69.2 Å². The molecule has 0 saturated carbocycles. The molecule has 7 nitrogen and oxygen atoms in total. The number of nitrogens with one attached hydrogen (secondary N) is 1. The van der Waals surface area contributed by atoms with Crippen molar-refractivity contribution in [1.29, 1.82) is 0 Å². The molecule has 0 amide bonds. The standard InChI is InChI=1S/C19H23N5O2/c1-13-17(14(2)26-23-13)8-7-16-12-18(25)22-19(21-16)24(3)11-9-15-6-4-5-10-20-15/h4-6,10,12H,7-9,11H2,1-3H3,(H,21,22,25). The molecule has 3 aromatic heterocycles. The van der Waals surface area contributed by atoms with Gasteiger partial charge >= 0.3 is 0 Å². The van der Waals surface area contributed by atoms with E-state index in [0.717, 1.165) is 41.2 Å². The zero-order chi connectivity index (χ0) is 18.5. The van der Waals surface area contributed by atoms with E-state index in [1.807, 2.05) is 44.0 Å². The highest BCUT2D eigenvalue weighted by Crippen LogP contribution is 2.15. The van der Waals surface area contributed by atoms with Crippen LogP contribution in [0.15, 0.2) is 39.8 Å². The number of pyridine rings is 1. The summed E-state index contributed by atoms with van der Waals surface area (Å²) in [5.74, 6) is 1.39. The molecule has 0 aromatic carbocycles. The molecule has 0 aliphatic carbocycles. The Labute approximate surface area is 152 Å². The van der Waals surface area contributed by atoms with Gasteiger partial charge in [-0.1, -0.05) is 11.2 Å². The average molecular weight is 353 g/mol. The molecule has 0 fully saturated rings. The van der Waals surface area contributed by atoms with E-state index in [1.165, 1.54) is 0 Å². The van der Waals surface area contributed by atoms with Gasteiger partial charge in [0.2, 0.25) is 5.95 Å². The van der Waals surface area contributed by atoms with Crippen molar-refractivity contribution in [2.45, 2.75) is 33.1 Å². The van der Waals surface area contributed by atoms with E-state index in [4.69, 9.17) is 4.52 Å². The normalized spacial score (nSPS) is 10.9. The Kier molecular flexibility index (Phi) is 5.46. The number of likely N-dealkylation sites (N-methyl/N-ethyl adjacent to an activating group) is 1. The van der Waals surface area contributed by atoms with Gasteiger partial charge in [0, 0.05) is 43.5 Å². The number of aryl methyl sites for hydroxylation is 3. The van der Waals surface area contributed by atoms with Gasteiger partial charge in [0.1, 0.15) is 5.76 Å². The number of hydrogen-bond acceptors (Lipinski definition) is 6. The largest absolute Gasteiger partial charge is 0.361 e. The van der Waals surface area contributed by atoms with E-state index in [1.54, 1.807) is 12.3 Å². The number of anilines is 1. The molecular formula is C19H23N5O2. The highest BCUT2D eigenvalue weighted by Gasteiger charge is 2.11. The Morgan fingerprint density at radius 3 is 2.69 bits per heavy atom. The van der Waals surface area contributed by atoms with Crippen LogP contribution in [0, 0.1) is 13.8 Å². The van der Waals surface area contributed by atoms with E-state index >= 15 is 0 Å². The summed E-state index contributed by atoms with van der Waals surface area (Å²) in [6, 6.07) is 7.41. The second kappa shape index (κ2) is 7.95. The molecule has 0 aliphatic heterocycles. The molecule has 0 atom stereocenters. The predicted octanol–water partition coefficient (Wildman–Crippen LogP) is 2.23. The third-order valence-electron chi connectivity index (χ3n) is 4.39. The first-order valence-electron chi connectivity index (χ1n) is 8.66. The third kappa shape index (κ3) is 4.36. The monoisotopic (exact) mass is 353 g/mol. The lowest BCUT2D eigenvalue weighted by Crippen LogP contribution is -2.26. The molecule has 0 aliphatic rings. The van der Waals surface area contributed by atoms with Gasteiger partial charge < -0.3 is 9.42 Å². The summed E-state index contributed by atoms with van der Waals surface area (Å²) in [6.07, 6.45) is 3.97. The highest BCUT2D eigenvalue weighted by atomic mass is 16.5. The fourth-order valence-electron chi connectivity index (χ4n) is 2.85. The Morgan fingerprint density at radius 2 is 2.00 bits per heavy atom. The SMILES string of the molecule is Cc1noc(C)c1CCc1cc(=O)[nH]c(N(C)CCc2ccccn2)n1. The maximum Gasteiger partial charge on any atom is 0.252 e. The molecule has 0 bridgehead atoms. The van der Waals surface area contributed by atoms with Gasteiger partial charge in [0.05, 0.1) is 11.4 Å². The molecule has 0 spiro atoms. The lowest BCUT2D eigenvalue weighted by molar-refractivity contribution is 0.392. The van der Waals surface area contributed by atoms with Crippen molar-refractivity contribution in [2.75, 3.05) is 18.5 Å². The lowest BCUT2D eigenvalue weighted by atomic mass is 10.1.